The molecule has 1 aliphatic heterocycles. The zero-order valence-electron chi connectivity index (χ0n) is 12.3. The van der Waals surface area contributed by atoms with Gasteiger partial charge in [0.1, 0.15) is 0 Å². The van der Waals surface area contributed by atoms with Gasteiger partial charge in [-0.3, -0.25) is 14.5 Å². The summed E-state index contributed by atoms with van der Waals surface area (Å²) in [6, 6.07) is 8.67. The molecular weight excluding hydrogens is 266 g/mol. The standard InChI is InChI=1S/C16H19N3O2/c1-16(15(21)18-2)7-8-19(11-16)10-14(20)13-5-3-12(9-17)4-6-13/h3-6H,7-8,10-11H2,1-2H3,(H,18,21). The van der Waals surface area contributed by atoms with Gasteiger partial charge in [-0.05, 0) is 32.0 Å². The number of carbonyl (C=O) groups is 2. The third-order valence-corrected chi connectivity index (χ3v) is 4.03. The topological polar surface area (TPSA) is 73.2 Å². The van der Waals surface area contributed by atoms with E-state index < -0.39 is 5.41 Å². The van der Waals surface area contributed by atoms with Crippen molar-refractivity contribution in [2.75, 3.05) is 26.7 Å². The highest BCUT2D eigenvalue weighted by molar-refractivity contribution is 5.97. The molecule has 0 spiro atoms. The molecule has 1 unspecified atom stereocenters. The summed E-state index contributed by atoms with van der Waals surface area (Å²) in [7, 11) is 1.64. The Kier molecular flexibility index (Phi) is 4.39. The Bertz CT molecular complexity index is 589. The van der Waals surface area contributed by atoms with Crippen LogP contribution < -0.4 is 5.32 Å². The number of nitriles is 1. The lowest BCUT2D eigenvalue weighted by Gasteiger charge is -2.22. The minimum atomic E-state index is -0.417. The fraction of sp³-hybridized carbons (Fsp3) is 0.438. The monoisotopic (exact) mass is 285 g/mol. The predicted octanol–water partition coefficient (Wildman–Crippen LogP) is 1.20. The maximum Gasteiger partial charge on any atom is 0.227 e. The number of carbonyl (C=O) groups excluding carboxylic acids is 2. The van der Waals surface area contributed by atoms with Crippen LogP contribution in [0.4, 0.5) is 0 Å². The van der Waals surface area contributed by atoms with Crippen LogP contribution in [0.15, 0.2) is 24.3 Å². The summed E-state index contributed by atoms with van der Waals surface area (Å²) in [5.41, 5.74) is 0.724. The van der Waals surface area contributed by atoms with Gasteiger partial charge in [0.25, 0.3) is 0 Å². The molecule has 2 rings (SSSR count). The quantitative estimate of drug-likeness (QED) is 0.844. The first-order valence-electron chi connectivity index (χ1n) is 6.96. The van der Waals surface area contributed by atoms with E-state index in [9.17, 15) is 9.59 Å². The van der Waals surface area contributed by atoms with Gasteiger partial charge in [0.2, 0.25) is 5.91 Å². The molecule has 110 valence electrons. The molecule has 1 aromatic carbocycles. The van der Waals surface area contributed by atoms with Gasteiger partial charge < -0.3 is 5.32 Å². The zero-order valence-corrected chi connectivity index (χ0v) is 12.3. The van der Waals surface area contributed by atoms with Crippen molar-refractivity contribution in [1.82, 2.24) is 10.2 Å². The van der Waals surface area contributed by atoms with E-state index in [1.54, 1.807) is 31.3 Å². The molecule has 1 aliphatic rings. The van der Waals surface area contributed by atoms with E-state index in [0.29, 0.717) is 24.2 Å². The SMILES string of the molecule is CNC(=O)C1(C)CCN(CC(=O)c2ccc(C#N)cc2)C1. The summed E-state index contributed by atoms with van der Waals surface area (Å²) in [5, 5.41) is 11.4. The van der Waals surface area contributed by atoms with Crippen LogP contribution in [0.5, 0.6) is 0 Å². The van der Waals surface area contributed by atoms with E-state index in [1.165, 1.54) is 0 Å². The fourth-order valence-corrected chi connectivity index (χ4v) is 2.70. The molecule has 0 radical (unpaired) electrons. The second-order valence-corrected chi connectivity index (χ2v) is 5.71. The molecule has 1 heterocycles. The number of likely N-dealkylation sites (tertiary alicyclic amines) is 1. The van der Waals surface area contributed by atoms with E-state index in [4.69, 9.17) is 5.26 Å². The Morgan fingerprint density at radius 1 is 1.38 bits per heavy atom. The van der Waals surface area contributed by atoms with Crippen LogP contribution in [0.2, 0.25) is 0 Å². The second kappa shape index (κ2) is 6.06. The average molecular weight is 285 g/mol. The Hall–Kier alpha value is -2.19. The molecular formula is C16H19N3O2. The van der Waals surface area contributed by atoms with Crippen molar-refractivity contribution in [3.8, 4) is 6.07 Å². The van der Waals surface area contributed by atoms with Crippen molar-refractivity contribution in [2.24, 2.45) is 5.41 Å². The average Bonchev–Trinajstić information content (AvgIpc) is 2.88. The Balaban J connectivity index is 1.98. The Labute approximate surface area is 124 Å². The summed E-state index contributed by atoms with van der Waals surface area (Å²) >= 11 is 0. The zero-order chi connectivity index (χ0) is 15.5. The first-order chi connectivity index (χ1) is 9.98. The number of amides is 1. The van der Waals surface area contributed by atoms with Crippen molar-refractivity contribution < 1.29 is 9.59 Å². The maximum atomic E-state index is 12.2. The molecule has 1 N–H and O–H groups in total. The maximum absolute atomic E-state index is 12.2. The fourth-order valence-electron chi connectivity index (χ4n) is 2.70. The first kappa shape index (κ1) is 15.2. The summed E-state index contributed by atoms with van der Waals surface area (Å²) < 4.78 is 0. The first-order valence-corrected chi connectivity index (χ1v) is 6.96. The summed E-state index contributed by atoms with van der Waals surface area (Å²) in [6.07, 6.45) is 0.757. The normalized spacial score (nSPS) is 21.8. The van der Waals surface area contributed by atoms with E-state index in [1.807, 2.05) is 17.9 Å². The summed E-state index contributed by atoms with van der Waals surface area (Å²) in [5.74, 6) is 0.0384. The molecule has 5 nitrogen and oxygen atoms in total. The highest BCUT2D eigenvalue weighted by Gasteiger charge is 2.40. The predicted molar refractivity (Wildman–Crippen MR) is 78.7 cm³/mol. The number of rotatable bonds is 4. The molecule has 1 atom stereocenters. The number of nitrogens with one attached hydrogen (secondary N) is 1. The molecule has 1 fully saturated rings. The molecule has 0 saturated carbocycles. The van der Waals surface area contributed by atoms with Gasteiger partial charge in [0.15, 0.2) is 5.78 Å². The van der Waals surface area contributed by atoms with Gasteiger partial charge in [0, 0.05) is 19.2 Å². The van der Waals surface area contributed by atoms with Crippen molar-refractivity contribution in [3.63, 3.8) is 0 Å². The van der Waals surface area contributed by atoms with Crippen LogP contribution in [-0.4, -0.2) is 43.3 Å². The van der Waals surface area contributed by atoms with Crippen LogP contribution in [0.1, 0.15) is 29.3 Å². The van der Waals surface area contributed by atoms with E-state index in [-0.39, 0.29) is 11.7 Å². The number of hydrogen-bond donors (Lipinski definition) is 1. The smallest absolute Gasteiger partial charge is 0.227 e. The minimum Gasteiger partial charge on any atom is -0.359 e. The number of hydrogen-bond acceptors (Lipinski definition) is 4. The molecule has 21 heavy (non-hydrogen) atoms. The molecule has 0 aromatic heterocycles. The van der Waals surface area contributed by atoms with E-state index in [2.05, 4.69) is 5.32 Å². The van der Waals surface area contributed by atoms with Crippen LogP contribution in [0, 0.1) is 16.7 Å². The van der Waals surface area contributed by atoms with Crippen molar-refractivity contribution >= 4 is 11.7 Å². The number of ketones is 1. The van der Waals surface area contributed by atoms with Crippen LogP contribution >= 0.6 is 0 Å². The minimum absolute atomic E-state index is 0.0145. The molecule has 5 heteroatoms. The number of benzene rings is 1. The molecule has 1 amide bonds. The molecule has 0 bridgehead atoms. The van der Waals surface area contributed by atoms with E-state index in [0.717, 1.165) is 13.0 Å². The van der Waals surface area contributed by atoms with Gasteiger partial charge in [-0.25, -0.2) is 0 Å². The van der Waals surface area contributed by atoms with Crippen molar-refractivity contribution in [2.45, 2.75) is 13.3 Å². The lowest BCUT2D eigenvalue weighted by molar-refractivity contribution is -0.129. The molecule has 0 aliphatic carbocycles. The highest BCUT2D eigenvalue weighted by atomic mass is 16.2. The molecule has 1 saturated heterocycles. The third kappa shape index (κ3) is 3.29. The number of nitrogens with zero attached hydrogens (tertiary/aromatic N) is 2. The second-order valence-electron chi connectivity index (χ2n) is 5.71. The largest absolute Gasteiger partial charge is 0.359 e. The van der Waals surface area contributed by atoms with Gasteiger partial charge in [0.05, 0.1) is 23.6 Å². The third-order valence-electron chi connectivity index (χ3n) is 4.03. The highest BCUT2D eigenvalue weighted by Crippen LogP contribution is 2.30. The van der Waals surface area contributed by atoms with Gasteiger partial charge in [-0.1, -0.05) is 12.1 Å². The Morgan fingerprint density at radius 3 is 2.62 bits per heavy atom. The van der Waals surface area contributed by atoms with Gasteiger partial charge in [-0.2, -0.15) is 5.26 Å². The van der Waals surface area contributed by atoms with Gasteiger partial charge in [-0.15, -0.1) is 0 Å². The van der Waals surface area contributed by atoms with Crippen LogP contribution in [0.3, 0.4) is 0 Å². The van der Waals surface area contributed by atoms with Crippen molar-refractivity contribution in [1.29, 1.82) is 5.26 Å². The number of Topliss-reactive ketones (excluding diaryl/α,β-unsaturated/α-hetero) is 1. The van der Waals surface area contributed by atoms with Gasteiger partial charge >= 0.3 is 0 Å². The van der Waals surface area contributed by atoms with Crippen molar-refractivity contribution in [3.05, 3.63) is 35.4 Å². The summed E-state index contributed by atoms with van der Waals surface area (Å²) in [4.78, 5) is 26.1. The lowest BCUT2D eigenvalue weighted by atomic mass is 9.89. The lowest BCUT2D eigenvalue weighted by Crippen LogP contribution is -2.40. The van der Waals surface area contributed by atoms with E-state index >= 15 is 0 Å². The van der Waals surface area contributed by atoms with Crippen LogP contribution in [-0.2, 0) is 4.79 Å². The molecule has 1 aromatic rings. The summed E-state index contributed by atoms with van der Waals surface area (Å²) in [6.45, 7) is 3.57. The Morgan fingerprint density at radius 2 is 2.05 bits per heavy atom. The van der Waals surface area contributed by atoms with Crippen LogP contribution in [0.25, 0.3) is 0 Å².